The van der Waals surface area contributed by atoms with E-state index in [1.807, 2.05) is 20.8 Å². The smallest absolute Gasteiger partial charge is 0.274 e. The molecule has 32 heavy (non-hydrogen) atoms. The van der Waals surface area contributed by atoms with E-state index < -0.39 is 0 Å². The van der Waals surface area contributed by atoms with Crippen LogP contribution in [0.2, 0.25) is 0 Å². The number of thiazole rings is 1. The van der Waals surface area contributed by atoms with Crippen molar-refractivity contribution in [2.24, 2.45) is 0 Å². The van der Waals surface area contributed by atoms with Crippen LogP contribution >= 0.6 is 11.3 Å². The monoisotopic (exact) mass is 450 g/mol. The number of carbonyl (C=O) groups excluding carboxylic acids is 1. The average Bonchev–Trinajstić information content (AvgIpc) is 3.18. The van der Waals surface area contributed by atoms with Crippen molar-refractivity contribution in [3.63, 3.8) is 0 Å². The highest BCUT2D eigenvalue weighted by molar-refractivity contribution is 7.15. The summed E-state index contributed by atoms with van der Waals surface area (Å²) in [4.78, 5) is 24.8. The summed E-state index contributed by atoms with van der Waals surface area (Å²) in [6, 6.07) is 9.94. The summed E-state index contributed by atoms with van der Waals surface area (Å²) in [6.07, 6.45) is 2.89. The Morgan fingerprint density at radius 2 is 2.00 bits per heavy atom. The van der Waals surface area contributed by atoms with Gasteiger partial charge in [0.15, 0.2) is 0 Å². The van der Waals surface area contributed by atoms with Crippen molar-refractivity contribution in [3.8, 4) is 22.4 Å². The van der Waals surface area contributed by atoms with Crippen molar-refractivity contribution in [3.05, 3.63) is 64.2 Å². The number of piperidine rings is 1. The number of pyridine rings is 1. The Morgan fingerprint density at radius 3 is 2.72 bits per heavy atom. The van der Waals surface area contributed by atoms with E-state index in [9.17, 15) is 14.4 Å². The van der Waals surface area contributed by atoms with Gasteiger partial charge in [0.25, 0.3) is 5.91 Å². The molecule has 0 saturated carbocycles. The van der Waals surface area contributed by atoms with Gasteiger partial charge in [-0.25, -0.2) is 14.4 Å². The van der Waals surface area contributed by atoms with Crippen LogP contribution in [0.5, 0.6) is 5.88 Å². The molecule has 4 rings (SSSR count). The van der Waals surface area contributed by atoms with Gasteiger partial charge in [0, 0.05) is 17.8 Å². The number of hydrogen-bond acceptors (Lipinski definition) is 6. The van der Waals surface area contributed by atoms with E-state index in [1.165, 1.54) is 23.5 Å². The van der Waals surface area contributed by atoms with Crippen molar-refractivity contribution in [2.75, 3.05) is 6.54 Å². The van der Waals surface area contributed by atoms with Crippen LogP contribution in [0.15, 0.2) is 36.5 Å². The number of amides is 1. The number of hydrogen-bond donors (Lipinski definition) is 0. The molecular weight excluding hydrogens is 427 g/mol. The molecule has 1 unspecified atom stereocenters. The Labute approximate surface area is 190 Å². The number of aromatic nitrogens is 2. The molecule has 2 atom stereocenters. The van der Waals surface area contributed by atoms with Gasteiger partial charge in [0.1, 0.15) is 17.6 Å². The predicted molar refractivity (Wildman–Crippen MR) is 120 cm³/mol. The minimum absolute atomic E-state index is 0.0323. The number of benzene rings is 1. The Hall–Kier alpha value is -3.31. The number of rotatable bonds is 4. The van der Waals surface area contributed by atoms with Crippen molar-refractivity contribution in [2.45, 2.75) is 45.8 Å². The molecule has 3 aromatic rings. The van der Waals surface area contributed by atoms with Gasteiger partial charge < -0.3 is 9.64 Å². The molecule has 0 radical (unpaired) electrons. The summed E-state index contributed by atoms with van der Waals surface area (Å²) in [5.74, 6) is -0.0608. The molecule has 3 heterocycles. The maximum Gasteiger partial charge on any atom is 0.274 e. The minimum atomic E-state index is -0.322. The molecule has 1 aromatic carbocycles. The van der Waals surface area contributed by atoms with E-state index in [-0.39, 0.29) is 23.9 Å². The van der Waals surface area contributed by atoms with E-state index >= 15 is 0 Å². The Bertz CT molecular complexity index is 1190. The average molecular weight is 451 g/mol. The van der Waals surface area contributed by atoms with Gasteiger partial charge in [-0.3, -0.25) is 4.79 Å². The number of halogens is 1. The van der Waals surface area contributed by atoms with Crippen molar-refractivity contribution >= 4 is 17.2 Å². The highest BCUT2D eigenvalue weighted by Gasteiger charge is 2.33. The first kappa shape index (κ1) is 21.9. The van der Waals surface area contributed by atoms with Gasteiger partial charge in [0.2, 0.25) is 5.88 Å². The van der Waals surface area contributed by atoms with Gasteiger partial charge >= 0.3 is 0 Å². The zero-order chi connectivity index (χ0) is 22.8. The lowest BCUT2D eigenvalue weighted by Crippen LogP contribution is -2.49. The van der Waals surface area contributed by atoms with Crippen LogP contribution in [0.3, 0.4) is 0 Å². The standard InChI is InChI=1S/C24H23FN4O2S/c1-14-4-9-20(31-23-15(2)18(12-26)10-11-27-23)13-29(14)24(30)21-22(32-16(3)28-21)17-5-7-19(25)8-6-17/h5-8,10-11,14,20H,4,9,13H2,1-3H3/t14-,20?/m1/s1. The highest BCUT2D eigenvalue weighted by atomic mass is 32.1. The quantitative estimate of drug-likeness (QED) is 0.565. The second kappa shape index (κ2) is 9.05. The molecule has 0 bridgehead atoms. The van der Waals surface area contributed by atoms with Crippen molar-refractivity contribution in [1.29, 1.82) is 5.26 Å². The maximum absolute atomic E-state index is 13.5. The number of nitriles is 1. The van der Waals surface area contributed by atoms with Gasteiger partial charge in [-0.2, -0.15) is 5.26 Å². The number of aryl methyl sites for hydroxylation is 1. The zero-order valence-electron chi connectivity index (χ0n) is 18.1. The molecule has 0 N–H and O–H groups in total. The first-order chi connectivity index (χ1) is 15.4. The third-order valence-corrected chi connectivity index (χ3v) is 6.72. The second-order valence-electron chi connectivity index (χ2n) is 7.94. The summed E-state index contributed by atoms with van der Waals surface area (Å²) in [5, 5.41) is 10.0. The number of likely N-dealkylation sites (tertiary alicyclic amines) is 1. The molecule has 6 nitrogen and oxygen atoms in total. The molecule has 1 amide bonds. The third kappa shape index (κ3) is 4.34. The lowest BCUT2D eigenvalue weighted by molar-refractivity contribution is 0.0367. The van der Waals surface area contributed by atoms with Crippen LogP contribution in [0.25, 0.3) is 10.4 Å². The van der Waals surface area contributed by atoms with Crippen LogP contribution in [0.4, 0.5) is 4.39 Å². The zero-order valence-corrected chi connectivity index (χ0v) is 18.9. The summed E-state index contributed by atoms with van der Waals surface area (Å²) < 4.78 is 19.5. The van der Waals surface area contributed by atoms with Gasteiger partial charge in [0.05, 0.1) is 28.1 Å². The summed E-state index contributed by atoms with van der Waals surface area (Å²) in [7, 11) is 0. The number of nitrogens with zero attached hydrogens (tertiary/aromatic N) is 4. The molecule has 1 aliphatic heterocycles. The highest BCUT2D eigenvalue weighted by Crippen LogP contribution is 2.33. The Kier molecular flexibility index (Phi) is 6.19. The van der Waals surface area contributed by atoms with E-state index in [0.717, 1.165) is 28.3 Å². The molecule has 2 aromatic heterocycles. The van der Waals surface area contributed by atoms with Crippen LogP contribution < -0.4 is 4.74 Å². The lowest BCUT2D eigenvalue weighted by Gasteiger charge is -2.37. The number of carbonyl (C=O) groups is 1. The van der Waals surface area contributed by atoms with Crippen molar-refractivity contribution < 1.29 is 13.9 Å². The Morgan fingerprint density at radius 1 is 1.25 bits per heavy atom. The van der Waals surface area contributed by atoms with Crippen LogP contribution in [0.1, 0.15) is 46.4 Å². The largest absolute Gasteiger partial charge is 0.472 e. The molecule has 8 heteroatoms. The molecule has 164 valence electrons. The minimum Gasteiger partial charge on any atom is -0.472 e. The molecular formula is C24H23FN4O2S. The maximum atomic E-state index is 13.5. The predicted octanol–water partition coefficient (Wildman–Crippen LogP) is 4.90. The topological polar surface area (TPSA) is 79.1 Å². The summed E-state index contributed by atoms with van der Waals surface area (Å²) in [6.45, 7) is 6.08. The fourth-order valence-electron chi connectivity index (χ4n) is 3.87. The van der Waals surface area contributed by atoms with E-state index in [1.54, 1.807) is 29.3 Å². The molecule has 1 fully saturated rings. The molecule has 1 saturated heterocycles. The van der Waals surface area contributed by atoms with Crippen LogP contribution in [-0.4, -0.2) is 39.5 Å². The summed E-state index contributed by atoms with van der Waals surface area (Å²) >= 11 is 1.42. The number of ether oxygens (including phenoxy) is 1. The fraction of sp³-hybridized carbons (Fsp3) is 0.333. The third-order valence-electron chi connectivity index (χ3n) is 5.70. The molecule has 1 aliphatic rings. The summed E-state index contributed by atoms with van der Waals surface area (Å²) in [5.41, 5.74) is 2.37. The second-order valence-corrected chi connectivity index (χ2v) is 9.14. The first-order valence-electron chi connectivity index (χ1n) is 10.4. The fourth-order valence-corrected chi connectivity index (χ4v) is 4.79. The Balaban J connectivity index is 1.58. The van der Waals surface area contributed by atoms with Gasteiger partial charge in [-0.15, -0.1) is 11.3 Å². The lowest BCUT2D eigenvalue weighted by atomic mass is 10.00. The van der Waals surface area contributed by atoms with Gasteiger partial charge in [-0.1, -0.05) is 12.1 Å². The van der Waals surface area contributed by atoms with Gasteiger partial charge in [-0.05, 0) is 57.4 Å². The van der Waals surface area contributed by atoms with E-state index in [4.69, 9.17) is 4.74 Å². The SMILES string of the molecule is Cc1nc(C(=O)N2CC(Oc3nccc(C#N)c3C)CC[C@H]2C)c(-c2ccc(F)cc2)s1. The first-order valence-corrected chi connectivity index (χ1v) is 11.3. The van der Waals surface area contributed by atoms with Crippen LogP contribution in [0, 0.1) is 31.0 Å². The van der Waals surface area contributed by atoms with Crippen LogP contribution in [-0.2, 0) is 0 Å². The van der Waals surface area contributed by atoms with Crippen molar-refractivity contribution in [1.82, 2.24) is 14.9 Å². The molecule has 0 spiro atoms. The normalized spacial score (nSPS) is 18.3. The van der Waals surface area contributed by atoms with E-state index in [2.05, 4.69) is 16.0 Å². The molecule has 0 aliphatic carbocycles. The van der Waals surface area contributed by atoms with E-state index in [0.29, 0.717) is 29.2 Å².